The van der Waals surface area contributed by atoms with Crippen LogP contribution in [-0.2, 0) is 17.9 Å². The van der Waals surface area contributed by atoms with E-state index in [1.807, 2.05) is 10.6 Å². The zero-order chi connectivity index (χ0) is 15.5. The smallest absolute Gasteiger partial charge is 0.246 e. The lowest BCUT2D eigenvalue weighted by molar-refractivity contribution is -0.127. The standard InChI is InChI=1S/C16H22N4O2/c1-13(21)14-11-17-15-12-19(9-10-20(14)15)16(22)5-4-8-18-6-2-3-7-18/h4-5,11H,2-3,6-10,12H2,1H3/b5-4+. The molecule has 6 nitrogen and oxygen atoms in total. The topological polar surface area (TPSA) is 58.4 Å². The fourth-order valence-corrected chi connectivity index (χ4v) is 3.10. The number of likely N-dealkylation sites (tertiary alicyclic amines) is 1. The van der Waals surface area contributed by atoms with Gasteiger partial charge in [0.2, 0.25) is 5.91 Å². The maximum absolute atomic E-state index is 12.2. The number of fused-ring (bicyclic) bond motifs is 1. The molecule has 0 N–H and O–H groups in total. The first-order valence-corrected chi connectivity index (χ1v) is 7.88. The van der Waals surface area contributed by atoms with E-state index in [2.05, 4.69) is 9.88 Å². The van der Waals surface area contributed by atoms with Gasteiger partial charge in [-0.3, -0.25) is 14.5 Å². The Labute approximate surface area is 130 Å². The van der Waals surface area contributed by atoms with E-state index >= 15 is 0 Å². The second-order valence-electron chi connectivity index (χ2n) is 5.94. The molecule has 0 unspecified atom stereocenters. The molecule has 1 saturated heterocycles. The molecule has 1 amide bonds. The summed E-state index contributed by atoms with van der Waals surface area (Å²) in [7, 11) is 0. The number of imidazole rings is 1. The van der Waals surface area contributed by atoms with Crippen molar-refractivity contribution in [1.82, 2.24) is 19.4 Å². The molecule has 2 aliphatic rings. The van der Waals surface area contributed by atoms with Gasteiger partial charge in [-0.1, -0.05) is 6.08 Å². The fraction of sp³-hybridized carbons (Fsp3) is 0.562. The number of hydrogen-bond acceptors (Lipinski definition) is 4. The number of carbonyl (C=O) groups is 2. The molecule has 0 atom stereocenters. The van der Waals surface area contributed by atoms with E-state index in [1.54, 1.807) is 24.1 Å². The summed E-state index contributed by atoms with van der Waals surface area (Å²) in [5.41, 5.74) is 0.631. The third kappa shape index (κ3) is 3.11. The summed E-state index contributed by atoms with van der Waals surface area (Å²) in [4.78, 5) is 32.2. The monoisotopic (exact) mass is 302 g/mol. The fourth-order valence-electron chi connectivity index (χ4n) is 3.10. The van der Waals surface area contributed by atoms with Crippen LogP contribution in [0.3, 0.4) is 0 Å². The number of ketones is 1. The molecule has 6 heteroatoms. The van der Waals surface area contributed by atoms with Crippen LogP contribution < -0.4 is 0 Å². The molecule has 0 saturated carbocycles. The van der Waals surface area contributed by atoms with E-state index < -0.39 is 0 Å². The lowest BCUT2D eigenvalue weighted by atomic mass is 10.3. The van der Waals surface area contributed by atoms with Gasteiger partial charge < -0.3 is 9.47 Å². The van der Waals surface area contributed by atoms with Crippen LogP contribution in [0.5, 0.6) is 0 Å². The highest BCUT2D eigenvalue weighted by atomic mass is 16.2. The van der Waals surface area contributed by atoms with Crippen LogP contribution in [0.25, 0.3) is 0 Å². The largest absolute Gasteiger partial charge is 0.330 e. The van der Waals surface area contributed by atoms with E-state index in [-0.39, 0.29) is 11.7 Å². The molecule has 1 aromatic heterocycles. The molecule has 2 aliphatic heterocycles. The molecule has 22 heavy (non-hydrogen) atoms. The number of aromatic nitrogens is 2. The van der Waals surface area contributed by atoms with Gasteiger partial charge in [-0.05, 0) is 25.9 Å². The predicted molar refractivity (Wildman–Crippen MR) is 82.5 cm³/mol. The zero-order valence-electron chi connectivity index (χ0n) is 13.0. The van der Waals surface area contributed by atoms with Crippen LogP contribution in [-0.4, -0.2) is 57.2 Å². The number of nitrogens with zero attached hydrogens (tertiary/aromatic N) is 4. The van der Waals surface area contributed by atoms with E-state index in [0.717, 1.165) is 25.5 Å². The molecular formula is C16H22N4O2. The Kier molecular flexibility index (Phi) is 4.38. The number of rotatable bonds is 4. The molecule has 1 aromatic rings. The molecule has 0 spiro atoms. The van der Waals surface area contributed by atoms with Crippen molar-refractivity contribution in [3.05, 3.63) is 29.9 Å². The third-order valence-corrected chi connectivity index (χ3v) is 4.36. The van der Waals surface area contributed by atoms with Crippen LogP contribution in [0.15, 0.2) is 18.3 Å². The lowest BCUT2D eigenvalue weighted by Crippen LogP contribution is -2.38. The van der Waals surface area contributed by atoms with Gasteiger partial charge in [0, 0.05) is 32.6 Å². The highest BCUT2D eigenvalue weighted by molar-refractivity contribution is 5.92. The van der Waals surface area contributed by atoms with Crippen LogP contribution in [0.4, 0.5) is 0 Å². The molecule has 0 aliphatic carbocycles. The SMILES string of the molecule is CC(=O)c1cnc2n1CCN(C(=O)/C=C/CN1CCCC1)C2. The Morgan fingerprint density at radius 3 is 2.73 bits per heavy atom. The first-order valence-electron chi connectivity index (χ1n) is 7.88. The van der Waals surface area contributed by atoms with E-state index in [9.17, 15) is 9.59 Å². The number of amides is 1. The Balaban J connectivity index is 1.58. The van der Waals surface area contributed by atoms with Crippen LogP contribution >= 0.6 is 0 Å². The van der Waals surface area contributed by atoms with Crippen molar-refractivity contribution >= 4 is 11.7 Å². The second-order valence-corrected chi connectivity index (χ2v) is 5.94. The predicted octanol–water partition coefficient (Wildman–Crippen LogP) is 1.08. The highest BCUT2D eigenvalue weighted by Crippen LogP contribution is 2.15. The van der Waals surface area contributed by atoms with Crippen LogP contribution in [0, 0.1) is 0 Å². The average molecular weight is 302 g/mol. The van der Waals surface area contributed by atoms with E-state index in [1.165, 1.54) is 12.8 Å². The van der Waals surface area contributed by atoms with Gasteiger partial charge in [0.1, 0.15) is 11.5 Å². The number of hydrogen-bond donors (Lipinski definition) is 0. The van der Waals surface area contributed by atoms with Gasteiger partial charge in [-0.2, -0.15) is 0 Å². The highest BCUT2D eigenvalue weighted by Gasteiger charge is 2.23. The van der Waals surface area contributed by atoms with E-state index in [4.69, 9.17) is 0 Å². The van der Waals surface area contributed by atoms with E-state index in [0.29, 0.717) is 25.3 Å². The number of carbonyl (C=O) groups excluding carboxylic acids is 2. The van der Waals surface area contributed by atoms with Crippen molar-refractivity contribution in [3.63, 3.8) is 0 Å². The number of Topliss-reactive ketones (excluding diaryl/α,β-unsaturated/α-hetero) is 1. The van der Waals surface area contributed by atoms with Crippen molar-refractivity contribution in [2.24, 2.45) is 0 Å². The summed E-state index contributed by atoms with van der Waals surface area (Å²) >= 11 is 0. The van der Waals surface area contributed by atoms with Gasteiger partial charge in [-0.15, -0.1) is 0 Å². The quantitative estimate of drug-likeness (QED) is 0.617. The van der Waals surface area contributed by atoms with Crippen molar-refractivity contribution < 1.29 is 9.59 Å². The third-order valence-electron chi connectivity index (χ3n) is 4.36. The Bertz CT molecular complexity index is 599. The minimum Gasteiger partial charge on any atom is -0.330 e. The van der Waals surface area contributed by atoms with Gasteiger partial charge in [0.25, 0.3) is 0 Å². The first-order chi connectivity index (χ1) is 10.6. The van der Waals surface area contributed by atoms with Crippen LogP contribution in [0.2, 0.25) is 0 Å². The summed E-state index contributed by atoms with van der Waals surface area (Å²) in [5.74, 6) is 0.833. The molecular weight excluding hydrogens is 280 g/mol. The minimum atomic E-state index is 0.0176. The van der Waals surface area contributed by atoms with Crippen molar-refractivity contribution in [2.75, 3.05) is 26.2 Å². The second kappa shape index (κ2) is 6.44. The Morgan fingerprint density at radius 2 is 2.00 bits per heavy atom. The lowest BCUT2D eigenvalue weighted by Gasteiger charge is -2.27. The van der Waals surface area contributed by atoms with Crippen LogP contribution in [0.1, 0.15) is 36.1 Å². The maximum Gasteiger partial charge on any atom is 0.246 e. The molecule has 1 fully saturated rings. The van der Waals surface area contributed by atoms with Gasteiger partial charge >= 0.3 is 0 Å². The summed E-state index contributed by atoms with van der Waals surface area (Å²) in [6, 6.07) is 0. The molecule has 0 aromatic carbocycles. The van der Waals surface area contributed by atoms with Gasteiger partial charge in [-0.25, -0.2) is 4.98 Å². The van der Waals surface area contributed by atoms with Crippen molar-refractivity contribution in [1.29, 1.82) is 0 Å². The molecule has 3 rings (SSSR count). The summed E-state index contributed by atoms with van der Waals surface area (Å²) < 4.78 is 1.92. The van der Waals surface area contributed by atoms with Crippen molar-refractivity contribution in [3.8, 4) is 0 Å². The zero-order valence-corrected chi connectivity index (χ0v) is 13.0. The Morgan fingerprint density at radius 1 is 1.23 bits per heavy atom. The summed E-state index contributed by atoms with van der Waals surface area (Å²) in [6.07, 6.45) is 7.75. The molecule has 3 heterocycles. The first kappa shape index (κ1) is 15.0. The Hall–Kier alpha value is -1.95. The van der Waals surface area contributed by atoms with Gasteiger partial charge in [0.15, 0.2) is 5.78 Å². The summed E-state index contributed by atoms with van der Waals surface area (Å²) in [6.45, 7) is 6.39. The van der Waals surface area contributed by atoms with Gasteiger partial charge in [0.05, 0.1) is 12.7 Å². The normalized spacial score (nSPS) is 18.9. The minimum absolute atomic E-state index is 0.0176. The maximum atomic E-state index is 12.2. The van der Waals surface area contributed by atoms with Crippen molar-refractivity contribution in [2.45, 2.75) is 32.9 Å². The molecule has 0 bridgehead atoms. The molecule has 0 radical (unpaired) electrons. The summed E-state index contributed by atoms with van der Waals surface area (Å²) in [5, 5.41) is 0. The molecule has 118 valence electrons. The average Bonchev–Trinajstić information content (AvgIpc) is 3.15.